The van der Waals surface area contributed by atoms with Crippen molar-refractivity contribution in [2.45, 2.75) is 38.3 Å². The van der Waals surface area contributed by atoms with Crippen LogP contribution in [0.1, 0.15) is 42.2 Å². The van der Waals surface area contributed by atoms with Gasteiger partial charge in [0, 0.05) is 44.4 Å². The van der Waals surface area contributed by atoms with E-state index in [0.29, 0.717) is 16.7 Å². The Bertz CT molecular complexity index is 1870. The fourth-order valence-corrected chi connectivity index (χ4v) is 4.40. The highest BCUT2D eigenvalue weighted by atomic mass is 127. The van der Waals surface area contributed by atoms with Crippen LogP contribution in [-0.4, -0.2) is 54.8 Å². The molecule has 3 aromatic carbocycles. The summed E-state index contributed by atoms with van der Waals surface area (Å²) in [5.41, 5.74) is 2.92. The average Bonchev–Trinajstić information content (AvgIpc) is 3.11. The monoisotopic (exact) mass is 810 g/mol. The number of hydrogen-bond acceptors (Lipinski definition) is 5. The van der Waals surface area contributed by atoms with E-state index in [1.54, 1.807) is 48.5 Å². The second kappa shape index (κ2) is 27.5. The molecule has 0 radical (unpaired) electrons. The standard InChI is InChI=1S/C15H16O2Si.C11H6O2.C8H7IO2.C7H10Si/c1-17-15(16)14-10-8-13(9-11-14)7-5-4-6-12-18(2)3;1-2-3-4-9-5-7-10(8-6-9)11(12)13;1-11-8(10)6-2-4-7(9)5-3-6;1-4-5-6-7-8(2)3/h8-11,18H,12H2,1-3H3;1,5-8H,(H,12,13);2-5H,1H3;1,8H,7H2,2-3H3. The maximum Gasteiger partial charge on any atom is 0.337 e. The van der Waals surface area contributed by atoms with Gasteiger partial charge in [0.2, 0.25) is 0 Å². The van der Waals surface area contributed by atoms with E-state index in [1.165, 1.54) is 26.4 Å². The van der Waals surface area contributed by atoms with Gasteiger partial charge < -0.3 is 14.6 Å². The molecule has 3 aromatic rings. The van der Waals surface area contributed by atoms with E-state index >= 15 is 0 Å². The molecule has 0 aliphatic carbocycles. The van der Waals surface area contributed by atoms with Crippen LogP contribution in [0.4, 0.5) is 0 Å². The van der Waals surface area contributed by atoms with Gasteiger partial charge in [0.1, 0.15) is 0 Å². The third kappa shape index (κ3) is 22.2. The van der Waals surface area contributed by atoms with Crippen molar-refractivity contribution < 1.29 is 29.0 Å². The number of carbonyl (C=O) groups excluding carboxylic acids is 2. The van der Waals surface area contributed by atoms with Crippen molar-refractivity contribution in [2.75, 3.05) is 14.2 Å². The summed E-state index contributed by atoms with van der Waals surface area (Å²) < 4.78 is 10.3. The van der Waals surface area contributed by atoms with Crippen LogP contribution in [0.2, 0.25) is 38.3 Å². The largest absolute Gasteiger partial charge is 0.478 e. The summed E-state index contributed by atoms with van der Waals surface area (Å²) >= 11 is 2.18. The Morgan fingerprint density at radius 1 is 0.620 bits per heavy atom. The SMILES string of the molecule is C#CC#CC[SiH](C)C.C#CC#Cc1ccc(C(=O)O)cc1.COC(=O)c1ccc(C#CC#CC[SiH](C)C)cc1.COC(=O)c1ccc(I)cc1. The molecule has 9 heteroatoms. The van der Waals surface area contributed by atoms with Crippen molar-refractivity contribution in [3.05, 3.63) is 104 Å². The molecule has 50 heavy (non-hydrogen) atoms. The van der Waals surface area contributed by atoms with Crippen molar-refractivity contribution in [1.82, 2.24) is 0 Å². The molecule has 0 saturated heterocycles. The predicted molar refractivity (Wildman–Crippen MR) is 216 cm³/mol. The molecular formula is C41H39IO6Si2. The van der Waals surface area contributed by atoms with Gasteiger partial charge in [0.15, 0.2) is 0 Å². The topological polar surface area (TPSA) is 89.9 Å². The Balaban J connectivity index is 0.000000668. The molecule has 0 unspecified atom stereocenters. The number of aromatic carboxylic acids is 1. The Kier molecular flexibility index (Phi) is 24.6. The van der Waals surface area contributed by atoms with E-state index < -0.39 is 23.6 Å². The van der Waals surface area contributed by atoms with Gasteiger partial charge in [-0.2, -0.15) is 0 Å². The van der Waals surface area contributed by atoms with E-state index in [9.17, 15) is 14.4 Å². The lowest BCUT2D eigenvalue weighted by molar-refractivity contribution is 0.0592. The maximum atomic E-state index is 11.2. The molecule has 3 rings (SSSR count). The number of carbonyl (C=O) groups is 3. The van der Waals surface area contributed by atoms with Crippen molar-refractivity contribution >= 4 is 58.1 Å². The van der Waals surface area contributed by atoms with Crippen molar-refractivity contribution in [2.24, 2.45) is 0 Å². The third-order valence-corrected chi connectivity index (χ3v) is 8.28. The number of terminal acetylenes is 2. The highest BCUT2D eigenvalue weighted by molar-refractivity contribution is 14.1. The van der Waals surface area contributed by atoms with Crippen LogP contribution in [-0.2, 0) is 9.47 Å². The summed E-state index contributed by atoms with van der Waals surface area (Å²) in [6.45, 7) is 9.03. The average molecular weight is 811 g/mol. The number of benzene rings is 3. The van der Waals surface area contributed by atoms with E-state index in [4.69, 9.17) is 18.0 Å². The lowest BCUT2D eigenvalue weighted by Crippen LogP contribution is -2.00. The molecule has 0 aliphatic heterocycles. The maximum absolute atomic E-state index is 11.2. The van der Waals surface area contributed by atoms with E-state index in [1.807, 2.05) is 12.1 Å². The van der Waals surface area contributed by atoms with Gasteiger partial charge in [-0.15, -0.1) is 12.8 Å². The van der Waals surface area contributed by atoms with Crippen LogP contribution in [0.25, 0.3) is 0 Å². The summed E-state index contributed by atoms with van der Waals surface area (Å²) in [6, 6.07) is 22.5. The van der Waals surface area contributed by atoms with E-state index in [-0.39, 0.29) is 17.5 Å². The zero-order valence-electron chi connectivity index (χ0n) is 29.0. The fraction of sp³-hybridized carbons (Fsp3) is 0.195. The number of methoxy groups -OCH3 is 2. The quantitative estimate of drug-likeness (QED) is 0.131. The molecule has 1 N–H and O–H groups in total. The third-order valence-electron chi connectivity index (χ3n) is 5.52. The molecule has 0 atom stereocenters. The molecule has 0 aliphatic rings. The molecular weight excluding hydrogens is 772 g/mol. The van der Waals surface area contributed by atoms with Crippen LogP contribution in [0.3, 0.4) is 0 Å². The zero-order chi connectivity index (χ0) is 37.7. The Morgan fingerprint density at radius 2 is 1.00 bits per heavy atom. The highest BCUT2D eigenvalue weighted by Gasteiger charge is 2.04. The van der Waals surface area contributed by atoms with Crippen LogP contribution < -0.4 is 0 Å². The van der Waals surface area contributed by atoms with Crippen molar-refractivity contribution in [3.63, 3.8) is 0 Å². The molecule has 6 nitrogen and oxygen atoms in total. The minimum absolute atomic E-state index is 0.242. The molecule has 0 fully saturated rings. The lowest BCUT2D eigenvalue weighted by atomic mass is 10.1. The molecule has 254 valence electrons. The molecule has 0 saturated carbocycles. The van der Waals surface area contributed by atoms with Gasteiger partial charge in [0.05, 0.1) is 30.9 Å². The number of esters is 2. The lowest BCUT2D eigenvalue weighted by Gasteiger charge is -1.97. The molecule has 0 amide bonds. The molecule has 0 spiro atoms. The van der Waals surface area contributed by atoms with Gasteiger partial charge in [-0.3, -0.25) is 0 Å². The first kappa shape index (κ1) is 44.6. The van der Waals surface area contributed by atoms with Gasteiger partial charge in [-0.25, -0.2) is 14.4 Å². The first-order valence-electron chi connectivity index (χ1n) is 15.1. The highest BCUT2D eigenvalue weighted by Crippen LogP contribution is 2.07. The predicted octanol–water partition coefficient (Wildman–Crippen LogP) is 6.87. The summed E-state index contributed by atoms with van der Waals surface area (Å²) in [5.74, 6) is 25.2. The number of carboxylic acid groups (broad SMARTS) is 1. The van der Waals surface area contributed by atoms with E-state index in [0.717, 1.165) is 21.2 Å². The van der Waals surface area contributed by atoms with E-state index in [2.05, 4.69) is 117 Å². The minimum atomic E-state index is -0.948. The first-order valence-corrected chi connectivity index (χ1v) is 22.5. The zero-order valence-corrected chi connectivity index (χ0v) is 33.5. The smallest absolute Gasteiger partial charge is 0.337 e. The molecule has 0 aromatic heterocycles. The van der Waals surface area contributed by atoms with Crippen molar-refractivity contribution in [3.8, 4) is 72.1 Å². The minimum Gasteiger partial charge on any atom is -0.478 e. The summed E-state index contributed by atoms with van der Waals surface area (Å²) in [5, 5.41) is 8.58. The van der Waals surface area contributed by atoms with Crippen LogP contribution in [0.5, 0.6) is 0 Å². The van der Waals surface area contributed by atoms with Gasteiger partial charge in [-0.1, -0.05) is 49.9 Å². The van der Waals surface area contributed by atoms with Crippen LogP contribution >= 0.6 is 22.6 Å². The summed E-state index contributed by atoms with van der Waals surface area (Å²) in [6.07, 6.45) is 9.84. The summed E-state index contributed by atoms with van der Waals surface area (Å²) in [7, 11) is 1.67. The second-order valence-electron chi connectivity index (χ2n) is 10.5. The number of carboxylic acids is 1. The number of hydrogen-bond donors (Lipinski definition) is 1. The van der Waals surface area contributed by atoms with Gasteiger partial charge in [-0.05, 0) is 131 Å². The van der Waals surface area contributed by atoms with Gasteiger partial charge >= 0.3 is 17.9 Å². The van der Waals surface area contributed by atoms with Gasteiger partial charge in [0.25, 0.3) is 0 Å². The number of ether oxygens (including phenoxy) is 2. The summed E-state index contributed by atoms with van der Waals surface area (Å²) in [4.78, 5) is 32.6. The fourth-order valence-electron chi connectivity index (χ4n) is 3.02. The normalized spacial score (nSPS) is 8.46. The van der Waals surface area contributed by atoms with Crippen LogP contribution in [0.15, 0.2) is 72.8 Å². The Hall–Kier alpha value is -5.41. The van der Waals surface area contributed by atoms with Crippen LogP contribution in [0, 0.1) is 75.6 Å². The molecule has 0 bridgehead atoms. The Morgan fingerprint density at radius 3 is 1.38 bits per heavy atom. The Labute approximate surface area is 314 Å². The first-order chi connectivity index (χ1) is 23.9. The number of halogens is 1. The van der Waals surface area contributed by atoms with Crippen molar-refractivity contribution in [1.29, 1.82) is 0 Å². The number of rotatable bonds is 5. The molecule has 0 heterocycles. The second-order valence-corrected chi connectivity index (χ2v) is 18.2.